The van der Waals surface area contributed by atoms with Crippen molar-refractivity contribution >= 4 is 23.2 Å². The number of anilines is 1. The van der Waals surface area contributed by atoms with Crippen molar-refractivity contribution in [2.45, 2.75) is 6.92 Å². The van der Waals surface area contributed by atoms with Crippen molar-refractivity contribution in [1.82, 2.24) is 0 Å². The number of benzene rings is 1. The molecule has 0 aromatic heterocycles. The van der Waals surface area contributed by atoms with Crippen LogP contribution in [0.3, 0.4) is 0 Å². The first-order valence-corrected chi connectivity index (χ1v) is 6.82. The summed E-state index contributed by atoms with van der Waals surface area (Å²) in [6.45, 7) is 5.94. The van der Waals surface area contributed by atoms with Crippen LogP contribution in [-0.2, 0) is 0 Å². The zero-order chi connectivity index (χ0) is 13.4. The molecule has 1 aromatic rings. The van der Waals surface area contributed by atoms with Crippen LogP contribution in [0.25, 0.3) is 0 Å². The first-order valence-electron chi connectivity index (χ1n) is 5.66. The number of Topliss-reactive ketones (excluding diaryl/α,β-unsaturated/α-hetero) is 1. The second-order valence-corrected chi connectivity index (χ2v) is 4.87. The van der Waals surface area contributed by atoms with Crippen LogP contribution in [0.15, 0.2) is 30.9 Å². The lowest BCUT2D eigenvalue weighted by atomic mass is 10.1. The van der Waals surface area contributed by atoms with E-state index in [1.165, 1.54) is 6.92 Å². The maximum absolute atomic E-state index is 11.5. The average molecular weight is 260 g/mol. The maximum Gasteiger partial charge on any atom is 0.161 e. The van der Waals surface area contributed by atoms with Gasteiger partial charge in [0.1, 0.15) is 0 Å². The van der Waals surface area contributed by atoms with Gasteiger partial charge in [-0.2, -0.15) is 17.0 Å². The van der Waals surface area contributed by atoms with E-state index in [2.05, 4.69) is 18.0 Å². The molecule has 3 nitrogen and oxygen atoms in total. The average Bonchev–Trinajstić information content (AvgIpc) is 2.38. The molecule has 0 heterocycles. The standard InChI is InChI=1S/C14H16N2OS/c1-3-7-18-8-6-16-14-9-12(10-15)4-5-13(14)11(2)17/h3-5,9,16H,1,6-8H2,2H3. The Kier molecular flexibility index (Phi) is 6.03. The summed E-state index contributed by atoms with van der Waals surface area (Å²) in [6, 6.07) is 7.15. The SMILES string of the molecule is C=CCSCCNc1cc(C#N)ccc1C(C)=O. The quantitative estimate of drug-likeness (QED) is 0.465. The Labute approximate surface area is 112 Å². The zero-order valence-electron chi connectivity index (χ0n) is 10.4. The van der Waals surface area contributed by atoms with Crippen LogP contribution >= 0.6 is 11.8 Å². The summed E-state index contributed by atoms with van der Waals surface area (Å²) in [5.41, 5.74) is 1.92. The van der Waals surface area contributed by atoms with E-state index in [1.54, 1.807) is 30.0 Å². The van der Waals surface area contributed by atoms with E-state index in [-0.39, 0.29) is 5.78 Å². The van der Waals surface area contributed by atoms with Crippen molar-refractivity contribution in [2.75, 3.05) is 23.4 Å². The molecule has 1 rings (SSSR count). The molecule has 18 heavy (non-hydrogen) atoms. The first-order chi connectivity index (χ1) is 8.69. The van der Waals surface area contributed by atoms with Crippen molar-refractivity contribution in [3.8, 4) is 6.07 Å². The number of hydrogen-bond donors (Lipinski definition) is 1. The van der Waals surface area contributed by atoms with Gasteiger partial charge in [0.25, 0.3) is 0 Å². The van der Waals surface area contributed by atoms with E-state index in [1.807, 2.05) is 6.08 Å². The Morgan fingerprint density at radius 3 is 3.00 bits per heavy atom. The minimum absolute atomic E-state index is 0.000680. The molecule has 0 amide bonds. The summed E-state index contributed by atoms with van der Waals surface area (Å²) in [5, 5.41) is 12.1. The summed E-state index contributed by atoms with van der Waals surface area (Å²) in [4.78, 5) is 11.5. The molecule has 0 radical (unpaired) electrons. The largest absolute Gasteiger partial charge is 0.384 e. The predicted octanol–water partition coefficient (Wildman–Crippen LogP) is 3.09. The highest BCUT2D eigenvalue weighted by Crippen LogP contribution is 2.18. The lowest BCUT2D eigenvalue weighted by Gasteiger charge is -2.10. The fraction of sp³-hybridized carbons (Fsp3) is 0.286. The topological polar surface area (TPSA) is 52.9 Å². The molecule has 0 fully saturated rings. The second-order valence-electron chi connectivity index (χ2n) is 3.72. The smallest absolute Gasteiger partial charge is 0.161 e. The molecule has 1 N–H and O–H groups in total. The number of nitrogens with one attached hydrogen (secondary N) is 1. The second kappa shape index (κ2) is 7.57. The number of nitriles is 1. The van der Waals surface area contributed by atoms with E-state index >= 15 is 0 Å². The molecule has 0 bridgehead atoms. The summed E-state index contributed by atoms with van der Waals surface area (Å²) in [7, 11) is 0. The monoisotopic (exact) mass is 260 g/mol. The van der Waals surface area contributed by atoms with Crippen LogP contribution in [0.5, 0.6) is 0 Å². The third kappa shape index (κ3) is 4.27. The minimum Gasteiger partial charge on any atom is -0.384 e. The molecule has 4 heteroatoms. The molecule has 0 unspecified atom stereocenters. The van der Waals surface area contributed by atoms with Gasteiger partial charge in [-0.1, -0.05) is 6.08 Å². The van der Waals surface area contributed by atoms with Crippen molar-refractivity contribution in [1.29, 1.82) is 5.26 Å². The summed E-state index contributed by atoms with van der Waals surface area (Å²) in [6.07, 6.45) is 1.86. The van der Waals surface area contributed by atoms with Crippen molar-refractivity contribution in [3.05, 3.63) is 42.0 Å². The molecule has 94 valence electrons. The summed E-state index contributed by atoms with van der Waals surface area (Å²) in [5.74, 6) is 1.85. The molecule has 0 aliphatic heterocycles. The van der Waals surface area contributed by atoms with Crippen LogP contribution in [0.4, 0.5) is 5.69 Å². The van der Waals surface area contributed by atoms with E-state index in [4.69, 9.17) is 5.26 Å². The van der Waals surface area contributed by atoms with Crippen LogP contribution in [0.1, 0.15) is 22.8 Å². The molecular formula is C14H16N2OS. The fourth-order valence-electron chi connectivity index (χ4n) is 1.49. The van der Waals surface area contributed by atoms with Crippen LogP contribution in [-0.4, -0.2) is 23.8 Å². The van der Waals surface area contributed by atoms with Gasteiger partial charge in [-0.25, -0.2) is 0 Å². The predicted molar refractivity (Wildman–Crippen MR) is 77.2 cm³/mol. The van der Waals surface area contributed by atoms with Crippen molar-refractivity contribution in [2.24, 2.45) is 0 Å². The Morgan fingerprint density at radius 1 is 1.61 bits per heavy atom. The van der Waals surface area contributed by atoms with Crippen LogP contribution < -0.4 is 5.32 Å². The highest BCUT2D eigenvalue weighted by Gasteiger charge is 2.07. The maximum atomic E-state index is 11.5. The van der Waals surface area contributed by atoms with Crippen molar-refractivity contribution < 1.29 is 4.79 Å². The number of nitrogens with zero attached hydrogens (tertiary/aromatic N) is 1. The summed E-state index contributed by atoms with van der Waals surface area (Å²) < 4.78 is 0. The minimum atomic E-state index is 0.000680. The fourth-order valence-corrected chi connectivity index (χ4v) is 2.07. The van der Waals surface area contributed by atoms with Gasteiger partial charge in [0.05, 0.1) is 11.6 Å². The van der Waals surface area contributed by atoms with Crippen LogP contribution in [0.2, 0.25) is 0 Å². The molecular weight excluding hydrogens is 244 g/mol. The van der Waals surface area contributed by atoms with E-state index in [9.17, 15) is 4.79 Å². The molecule has 0 aliphatic carbocycles. The number of hydrogen-bond acceptors (Lipinski definition) is 4. The Bertz CT molecular complexity index is 477. The van der Waals surface area contributed by atoms with Gasteiger partial charge in [-0.05, 0) is 25.1 Å². The molecule has 0 saturated carbocycles. The Balaban J connectivity index is 2.69. The lowest BCUT2D eigenvalue weighted by molar-refractivity contribution is 0.101. The van der Waals surface area contributed by atoms with Crippen LogP contribution in [0, 0.1) is 11.3 Å². The normalized spacial score (nSPS) is 9.56. The van der Waals surface area contributed by atoms with Gasteiger partial charge < -0.3 is 5.32 Å². The van der Waals surface area contributed by atoms with Gasteiger partial charge in [-0.15, -0.1) is 6.58 Å². The van der Waals surface area contributed by atoms with E-state index in [0.29, 0.717) is 11.1 Å². The number of carbonyl (C=O) groups is 1. The van der Waals surface area contributed by atoms with E-state index < -0.39 is 0 Å². The zero-order valence-corrected chi connectivity index (χ0v) is 11.2. The Morgan fingerprint density at radius 2 is 2.39 bits per heavy atom. The first kappa shape index (κ1) is 14.3. The van der Waals surface area contributed by atoms with Crippen molar-refractivity contribution in [3.63, 3.8) is 0 Å². The molecule has 1 aromatic carbocycles. The highest BCUT2D eigenvalue weighted by molar-refractivity contribution is 7.99. The molecule has 0 aliphatic rings. The molecule has 0 atom stereocenters. The number of thioether (sulfide) groups is 1. The van der Waals surface area contributed by atoms with E-state index in [0.717, 1.165) is 23.7 Å². The highest BCUT2D eigenvalue weighted by atomic mass is 32.2. The van der Waals surface area contributed by atoms with Gasteiger partial charge in [0, 0.05) is 29.3 Å². The van der Waals surface area contributed by atoms with Gasteiger partial charge >= 0.3 is 0 Å². The third-order valence-electron chi connectivity index (χ3n) is 2.33. The number of ketones is 1. The Hall–Kier alpha value is -1.73. The molecule has 0 spiro atoms. The number of carbonyl (C=O) groups excluding carboxylic acids is 1. The van der Waals surface area contributed by atoms with Gasteiger partial charge in [0.2, 0.25) is 0 Å². The molecule has 0 saturated heterocycles. The lowest BCUT2D eigenvalue weighted by Crippen LogP contribution is -2.08. The van der Waals surface area contributed by atoms with Gasteiger partial charge in [0.15, 0.2) is 5.78 Å². The number of rotatable bonds is 7. The van der Waals surface area contributed by atoms with Gasteiger partial charge in [-0.3, -0.25) is 4.79 Å². The summed E-state index contributed by atoms with van der Waals surface area (Å²) >= 11 is 1.77. The third-order valence-corrected chi connectivity index (χ3v) is 3.29.